The summed E-state index contributed by atoms with van der Waals surface area (Å²) in [5.74, 6) is -1.19. The molecule has 0 unspecified atom stereocenters. The molecule has 0 spiro atoms. The molecule has 0 saturated carbocycles. The minimum Gasteiger partial charge on any atom is -0.509 e. The molecule has 0 heterocycles. The molecule has 162 valence electrons. The van der Waals surface area contributed by atoms with E-state index in [9.17, 15) is 30.6 Å². The summed E-state index contributed by atoms with van der Waals surface area (Å²) in [5.41, 5.74) is 1.15. The molecule has 0 bridgehead atoms. The number of hydrogen-bond donors (Lipinski definition) is 6. The summed E-state index contributed by atoms with van der Waals surface area (Å²) in [6.07, 6.45) is -0.00255. The van der Waals surface area contributed by atoms with Crippen LogP contribution >= 0.6 is 23.5 Å². The van der Waals surface area contributed by atoms with Crippen molar-refractivity contribution in [2.45, 2.75) is 28.1 Å². The molecule has 0 saturated heterocycles. The standard InChI is InChI=1S/C22H26O6S2/c1-29-16-10-8-15(9-11-16)12-17(23)19(25)21(27)22(28,30-2)20(26)18(24)13-14-6-4-3-5-7-14/h3-13,19-21,23-28H,1-2H3/t19-,20+,21+,22-/m0/s1. The van der Waals surface area contributed by atoms with Crippen molar-refractivity contribution >= 4 is 35.7 Å². The lowest BCUT2D eigenvalue weighted by molar-refractivity contribution is -0.120. The second-order valence-corrected chi connectivity index (χ2v) is 8.51. The van der Waals surface area contributed by atoms with Gasteiger partial charge in [0.1, 0.15) is 23.7 Å². The van der Waals surface area contributed by atoms with Gasteiger partial charge in [0, 0.05) is 4.90 Å². The van der Waals surface area contributed by atoms with E-state index in [1.165, 1.54) is 18.4 Å². The summed E-state index contributed by atoms with van der Waals surface area (Å²) in [7, 11) is 0. The van der Waals surface area contributed by atoms with Crippen molar-refractivity contribution in [2.24, 2.45) is 0 Å². The van der Waals surface area contributed by atoms with Crippen molar-refractivity contribution in [1.29, 1.82) is 0 Å². The van der Waals surface area contributed by atoms with E-state index in [-0.39, 0.29) is 0 Å². The molecule has 8 heteroatoms. The van der Waals surface area contributed by atoms with Crippen molar-refractivity contribution in [2.75, 3.05) is 12.5 Å². The molecular weight excluding hydrogens is 424 g/mol. The zero-order chi connectivity index (χ0) is 22.3. The van der Waals surface area contributed by atoms with Gasteiger partial charge in [0.15, 0.2) is 11.0 Å². The third-order valence-corrected chi connectivity index (χ3v) is 6.43. The predicted molar refractivity (Wildman–Crippen MR) is 122 cm³/mol. The molecular formula is C22H26O6S2. The molecule has 0 aromatic heterocycles. The summed E-state index contributed by atoms with van der Waals surface area (Å²) in [6.45, 7) is 0. The van der Waals surface area contributed by atoms with Crippen LogP contribution in [-0.2, 0) is 0 Å². The number of aliphatic hydroxyl groups excluding tert-OH is 5. The molecule has 30 heavy (non-hydrogen) atoms. The number of aliphatic hydroxyl groups is 6. The highest BCUT2D eigenvalue weighted by molar-refractivity contribution is 7.99. The Balaban J connectivity index is 2.23. The van der Waals surface area contributed by atoms with E-state index in [0.29, 0.717) is 22.9 Å². The number of thioether (sulfide) groups is 2. The SMILES string of the molecule is CSc1ccc(C=C(O)[C@H](O)[C@@H](O)[C@@](O)(SC)[C@H](O)C(O)=Cc2ccccc2)cc1. The van der Waals surface area contributed by atoms with Crippen molar-refractivity contribution in [3.8, 4) is 0 Å². The fourth-order valence-electron chi connectivity index (χ4n) is 2.75. The van der Waals surface area contributed by atoms with Crippen LogP contribution in [0.15, 0.2) is 71.0 Å². The number of hydrogen-bond acceptors (Lipinski definition) is 8. The van der Waals surface area contributed by atoms with Crippen molar-refractivity contribution in [1.82, 2.24) is 0 Å². The highest BCUT2D eigenvalue weighted by Gasteiger charge is 2.48. The largest absolute Gasteiger partial charge is 0.509 e. The fourth-order valence-corrected chi connectivity index (χ4v) is 3.87. The van der Waals surface area contributed by atoms with Gasteiger partial charge in [0.2, 0.25) is 0 Å². The van der Waals surface area contributed by atoms with Gasteiger partial charge in [0.25, 0.3) is 0 Å². The van der Waals surface area contributed by atoms with Gasteiger partial charge >= 0.3 is 0 Å². The highest BCUT2D eigenvalue weighted by atomic mass is 32.2. The van der Waals surface area contributed by atoms with Gasteiger partial charge in [-0.25, -0.2) is 0 Å². The molecule has 0 aliphatic heterocycles. The quantitative estimate of drug-likeness (QED) is 0.196. The van der Waals surface area contributed by atoms with Crippen LogP contribution in [0.5, 0.6) is 0 Å². The summed E-state index contributed by atoms with van der Waals surface area (Å²) >= 11 is 2.19. The molecule has 4 atom stereocenters. The lowest BCUT2D eigenvalue weighted by Gasteiger charge is -2.37. The first-order valence-electron chi connectivity index (χ1n) is 9.04. The summed E-state index contributed by atoms with van der Waals surface area (Å²) < 4.78 is 0. The molecule has 0 amide bonds. The van der Waals surface area contributed by atoms with Crippen LogP contribution in [0, 0.1) is 0 Å². The van der Waals surface area contributed by atoms with Crippen LogP contribution in [-0.4, -0.2) is 66.4 Å². The Labute approximate surface area is 184 Å². The number of benzene rings is 2. The normalized spacial score (nSPS) is 17.8. The minimum absolute atomic E-state index is 0.573. The van der Waals surface area contributed by atoms with Crippen LogP contribution in [0.4, 0.5) is 0 Å². The molecule has 2 aromatic rings. The van der Waals surface area contributed by atoms with E-state index in [2.05, 4.69) is 0 Å². The molecule has 0 aliphatic rings. The summed E-state index contributed by atoms with van der Waals surface area (Å²) in [6, 6.07) is 15.7. The van der Waals surface area contributed by atoms with Crippen molar-refractivity contribution < 1.29 is 30.6 Å². The molecule has 0 aliphatic carbocycles. The smallest absolute Gasteiger partial charge is 0.172 e. The van der Waals surface area contributed by atoms with Crippen LogP contribution in [0.1, 0.15) is 11.1 Å². The van der Waals surface area contributed by atoms with E-state index in [0.717, 1.165) is 4.90 Å². The van der Waals surface area contributed by atoms with Crippen LogP contribution < -0.4 is 0 Å². The Morgan fingerprint density at radius 1 is 0.833 bits per heavy atom. The fraction of sp³-hybridized carbons (Fsp3) is 0.273. The molecule has 0 radical (unpaired) electrons. The Hall–Kier alpha value is -1.94. The first-order chi connectivity index (χ1) is 14.2. The van der Waals surface area contributed by atoms with Gasteiger partial charge in [-0.1, -0.05) is 42.5 Å². The van der Waals surface area contributed by atoms with Gasteiger partial charge in [0.05, 0.1) is 0 Å². The topological polar surface area (TPSA) is 121 Å². The molecule has 2 rings (SSSR count). The Kier molecular flexibility index (Phi) is 8.84. The minimum atomic E-state index is -2.39. The third kappa shape index (κ3) is 5.81. The highest BCUT2D eigenvalue weighted by Crippen LogP contribution is 2.34. The van der Waals surface area contributed by atoms with Gasteiger partial charge in [-0.2, -0.15) is 0 Å². The van der Waals surface area contributed by atoms with E-state index in [1.54, 1.807) is 54.2 Å². The van der Waals surface area contributed by atoms with E-state index < -0.39 is 34.8 Å². The summed E-state index contributed by atoms with van der Waals surface area (Å²) in [4.78, 5) is -1.37. The second-order valence-electron chi connectivity index (χ2n) is 6.57. The van der Waals surface area contributed by atoms with E-state index in [4.69, 9.17) is 0 Å². The summed E-state index contributed by atoms with van der Waals surface area (Å²) in [5, 5.41) is 62.7. The van der Waals surface area contributed by atoms with Crippen molar-refractivity contribution in [3.05, 3.63) is 77.2 Å². The second kappa shape index (κ2) is 10.9. The predicted octanol–water partition coefficient (Wildman–Crippen LogP) is 3.04. The van der Waals surface area contributed by atoms with Gasteiger partial charge in [-0.3, -0.25) is 0 Å². The van der Waals surface area contributed by atoms with Crippen molar-refractivity contribution in [3.63, 3.8) is 0 Å². The van der Waals surface area contributed by atoms with E-state index in [1.807, 2.05) is 18.4 Å². The lowest BCUT2D eigenvalue weighted by atomic mass is 9.98. The monoisotopic (exact) mass is 450 g/mol. The number of rotatable bonds is 9. The van der Waals surface area contributed by atoms with Gasteiger partial charge < -0.3 is 30.6 Å². The Morgan fingerprint density at radius 2 is 1.37 bits per heavy atom. The Bertz CT molecular complexity index is 869. The van der Waals surface area contributed by atoms with Crippen LogP contribution in [0.2, 0.25) is 0 Å². The molecule has 2 aromatic carbocycles. The zero-order valence-electron chi connectivity index (χ0n) is 16.6. The first-order valence-corrected chi connectivity index (χ1v) is 11.5. The van der Waals surface area contributed by atoms with Gasteiger partial charge in [-0.15, -0.1) is 23.5 Å². The molecule has 0 fully saturated rings. The van der Waals surface area contributed by atoms with Gasteiger partial charge in [-0.05, 0) is 47.9 Å². The lowest BCUT2D eigenvalue weighted by Crippen LogP contribution is -2.55. The van der Waals surface area contributed by atoms with Crippen LogP contribution in [0.25, 0.3) is 12.2 Å². The molecule has 6 nitrogen and oxygen atoms in total. The zero-order valence-corrected chi connectivity index (χ0v) is 18.2. The maximum atomic E-state index is 10.8. The first kappa shape index (κ1) is 24.3. The average Bonchev–Trinajstić information content (AvgIpc) is 2.78. The molecule has 6 N–H and O–H groups in total. The Morgan fingerprint density at radius 3 is 1.90 bits per heavy atom. The van der Waals surface area contributed by atoms with Crippen LogP contribution in [0.3, 0.4) is 0 Å². The third-order valence-electron chi connectivity index (χ3n) is 4.57. The average molecular weight is 451 g/mol. The maximum absolute atomic E-state index is 10.8. The van der Waals surface area contributed by atoms with E-state index >= 15 is 0 Å². The maximum Gasteiger partial charge on any atom is 0.172 e.